The maximum absolute atomic E-state index is 5.56. The number of rotatable bonds is 3. The second-order valence-corrected chi connectivity index (χ2v) is 5.24. The van der Waals surface area contributed by atoms with Crippen LogP contribution in [0.15, 0.2) is 41.3 Å². The van der Waals surface area contributed by atoms with Gasteiger partial charge in [0.15, 0.2) is 0 Å². The van der Waals surface area contributed by atoms with Gasteiger partial charge in [-0.15, -0.1) is 11.8 Å². The summed E-state index contributed by atoms with van der Waals surface area (Å²) in [6.07, 6.45) is 1.07. The Morgan fingerprint density at radius 1 is 1.60 bits per heavy atom. The van der Waals surface area contributed by atoms with Crippen molar-refractivity contribution in [3.05, 3.63) is 42.0 Å². The van der Waals surface area contributed by atoms with Crippen LogP contribution in [0.4, 0.5) is 0 Å². The molecule has 0 spiro atoms. The van der Waals surface area contributed by atoms with Gasteiger partial charge in [0.05, 0.1) is 6.04 Å². The van der Waals surface area contributed by atoms with Gasteiger partial charge < -0.3 is 0 Å². The molecule has 1 aliphatic rings. The van der Waals surface area contributed by atoms with Crippen LogP contribution in [0, 0.1) is 0 Å². The molecule has 0 radical (unpaired) electrons. The summed E-state index contributed by atoms with van der Waals surface area (Å²) in [6.45, 7) is 6.00. The van der Waals surface area contributed by atoms with Crippen LogP contribution in [0.1, 0.15) is 12.5 Å². The lowest BCUT2D eigenvalue weighted by molar-refractivity contribution is 0.571. The minimum Gasteiger partial charge on any atom is -0.271 e. The average Bonchev–Trinajstić information content (AvgIpc) is 2.61. The molecule has 0 aliphatic carbocycles. The summed E-state index contributed by atoms with van der Waals surface area (Å²) in [6, 6.07) is 8.73. The number of hydrogen-bond donors (Lipinski definition) is 2. The third kappa shape index (κ3) is 2.09. The van der Waals surface area contributed by atoms with Crippen molar-refractivity contribution in [1.29, 1.82) is 0 Å². The van der Waals surface area contributed by atoms with Crippen molar-refractivity contribution in [1.82, 2.24) is 5.43 Å². The van der Waals surface area contributed by atoms with E-state index in [0.717, 1.165) is 12.0 Å². The number of fused-ring (bicyclic) bond motifs is 1. The largest absolute Gasteiger partial charge is 0.271 e. The maximum Gasteiger partial charge on any atom is 0.0540 e. The molecule has 0 fully saturated rings. The second kappa shape index (κ2) is 4.39. The number of hydrazine groups is 1. The average molecular weight is 220 g/mol. The monoisotopic (exact) mass is 220 g/mol. The lowest BCUT2D eigenvalue weighted by Crippen LogP contribution is -2.43. The summed E-state index contributed by atoms with van der Waals surface area (Å²) in [5.41, 5.74) is 5.38. The Labute approximate surface area is 94.9 Å². The molecule has 0 aromatic heterocycles. The van der Waals surface area contributed by atoms with E-state index in [9.17, 15) is 0 Å². The van der Waals surface area contributed by atoms with Gasteiger partial charge in [-0.1, -0.05) is 30.4 Å². The molecule has 2 unspecified atom stereocenters. The van der Waals surface area contributed by atoms with Crippen LogP contribution in [0.5, 0.6) is 0 Å². The summed E-state index contributed by atoms with van der Waals surface area (Å²) in [5.74, 6) is 5.56. The van der Waals surface area contributed by atoms with E-state index in [2.05, 4.69) is 36.3 Å². The molecule has 80 valence electrons. The van der Waals surface area contributed by atoms with Crippen LogP contribution in [0.2, 0.25) is 0 Å². The van der Waals surface area contributed by atoms with Crippen LogP contribution in [0.3, 0.4) is 0 Å². The van der Waals surface area contributed by atoms with Crippen molar-refractivity contribution in [3.8, 4) is 0 Å². The third-order valence-corrected chi connectivity index (χ3v) is 4.15. The van der Waals surface area contributed by atoms with Gasteiger partial charge >= 0.3 is 0 Å². The predicted molar refractivity (Wildman–Crippen MR) is 65.7 cm³/mol. The molecule has 0 saturated heterocycles. The van der Waals surface area contributed by atoms with E-state index < -0.39 is 0 Å². The van der Waals surface area contributed by atoms with Gasteiger partial charge in [0, 0.05) is 10.1 Å². The van der Waals surface area contributed by atoms with E-state index in [1.54, 1.807) is 0 Å². The molecule has 2 atom stereocenters. The number of nitrogens with one attached hydrogen (secondary N) is 1. The molecule has 2 rings (SSSR count). The second-order valence-electron chi connectivity index (χ2n) is 3.96. The Hall–Kier alpha value is -0.770. The molecule has 3 N–H and O–H groups in total. The third-order valence-electron chi connectivity index (χ3n) is 2.75. The van der Waals surface area contributed by atoms with Crippen molar-refractivity contribution in [2.45, 2.75) is 29.5 Å². The van der Waals surface area contributed by atoms with Gasteiger partial charge in [0.1, 0.15) is 0 Å². The van der Waals surface area contributed by atoms with E-state index in [1.807, 2.05) is 18.7 Å². The molecule has 2 nitrogen and oxygen atoms in total. The first kappa shape index (κ1) is 10.7. The normalized spacial score (nSPS) is 21.1. The fourth-order valence-electron chi connectivity index (χ4n) is 1.96. The Bertz CT molecular complexity index is 351. The Balaban J connectivity index is 2.15. The van der Waals surface area contributed by atoms with Crippen molar-refractivity contribution in [3.63, 3.8) is 0 Å². The lowest BCUT2D eigenvalue weighted by atomic mass is 10.0. The molecular weight excluding hydrogens is 204 g/mol. The van der Waals surface area contributed by atoms with Gasteiger partial charge in [-0.25, -0.2) is 0 Å². The molecule has 0 bridgehead atoms. The fraction of sp³-hybridized carbons (Fsp3) is 0.333. The van der Waals surface area contributed by atoms with Gasteiger partial charge in [0.2, 0.25) is 0 Å². The van der Waals surface area contributed by atoms with Crippen molar-refractivity contribution in [2.75, 3.05) is 0 Å². The molecule has 1 aliphatic heterocycles. The zero-order chi connectivity index (χ0) is 10.8. The SMILES string of the molecule is C=C(C)C(NN)C1Cc2ccccc2S1. The fourth-order valence-corrected chi connectivity index (χ4v) is 3.46. The topological polar surface area (TPSA) is 38.0 Å². The molecule has 1 heterocycles. The number of nitrogens with two attached hydrogens (primary N) is 1. The van der Waals surface area contributed by atoms with Crippen molar-refractivity contribution < 1.29 is 0 Å². The summed E-state index contributed by atoms with van der Waals surface area (Å²) < 4.78 is 0. The van der Waals surface area contributed by atoms with E-state index >= 15 is 0 Å². The van der Waals surface area contributed by atoms with Gasteiger partial charge in [0.25, 0.3) is 0 Å². The summed E-state index contributed by atoms with van der Waals surface area (Å²) in [4.78, 5) is 1.38. The standard InChI is InChI=1S/C12H16N2S/c1-8(2)12(14-13)11-7-9-5-3-4-6-10(9)15-11/h3-6,11-12,14H,1,7,13H2,2H3. The summed E-state index contributed by atoms with van der Waals surface area (Å²) in [7, 11) is 0. The molecule has 0 amide bonds. The Kier molecular flexibility index (Phi) is 3.14. The molecule has 15 heavy (non-hydrogen) atoms. The van der Waals surface area contributed by atoms with Crippen LogP contribution < -0.4 is 11.3 Å². The first-order valence-corrected chi connectivity index (χ1v) is 5.96. The van der Waals surface area contributed by atoms with Gasteiger partial charge in [-0.05, 0) is 25.0 Å². The smallest absolute Gasteiger partial charge is 0.0540 e. The highest BCUT2D eigenvalue weighted by atomic mass is 32.2. The Morgan fingerprint density at radius 2 is 2.33 bits per heavy atom. The van der Waals surface area contributed by atoms with Crippen molar-refractivity contribution >= 4 is 11.8 Å². The zero-order valence-corrected chi connectivity index (χ0v) is 9.68. The lowest BCUT2D eigenvalue weighted by Gasteiger charge is -2.21. The number of thioether (sulfide) groups is 1. The van der Waals surface area contributed by atoms with Gasteiger partial charge in [-0.3, -0.25) is 11.3 Å². The summed E-state index contributed by atoms with van der Waals surface area (Å²) >= 11 is 1.89. The van der Waals surface area contributed by atoms with E-state index in [-0.39, 0.29) is 6.04 Å². The Morgan fingerprint density at radius 3 is 2.93 bits per heavy atom. The maximum atomic E-state index is 5.56. The van der Waals surface area contributed by atoms with Crippen molar-refractivity contribution in [2.24, 2.45) is 5.84 Å². The highest BCUT2D eigenvalue weighted by Crippen LogP contribution is 2.39. The summed E-state index contributed by atoms with van der Waals surface area (Å²) in [5, 5.41) is 0.477. The molecule has 3 heteroatoms. The molecule has 0 saturated carbocycles. The van der Waals surface area contributed by atoms with Crippen LogP contribution in [-0.2, 0) is 6.42 Å². The highest BCUT2D eigenvalue weighted by Gasteiger charge is 2.28. The molecular formula is C12H16N2S. The van der Waals surface area contributed by atoms with E-state index in [0.29, 0.717) is 5.25 Å². The van der Waals surface area contributed by atoms with Gasteiger partial charge in [-0.2, -0.15) is 0 Å². The van der Waals surface area contributed by atoms with Crippen LogP contribution in [-0.4, -0.2) is 11.3 Å². The predicted octanol–water partition coefficient (Wildman–Crippen LogP) is 2.11. The molecule has 1 aromatic carbocycles. The molecule has 1 aromatic rings. The van der Waals surface area contributed by atoms with Crippen LogP contribution in [0.25, 0.3) is 0 Å². The first-order valence-electron chi connectivity index (χ1n) is 5.08. The zero-order valence-electron chi connectivity index (χ0n) is 8.86. The highest BCUT2D eigenvalue weighted by molar-refractivity contribution is 8.00. The number of hydrogen-bond acceptors (Lipinski definition) is 3. The number of benzene rings is 1. The van der Waals surface area contributed by atoms with E-state index in [1.165, 1.54) is 10.5 Å². The quantitative estimate of drug-likeness (QED) is 0.465. The van der Waals surface area contributed by atoms with Crippen LogP contribution >= 0.6 is 11.8 Å². The minimum atomic E-state index is 0.197. The minimum absolute atomic E-state index is 0.197. The van der Waals surface area contributed by atoms with E-state index in [4.69, 9.17) is 5.84 Å². The first-order chi connectivity index (χ1) is 7.22.